The SMILES string of the molecule is CCCCSCc1cc(C(=O)N2CCC[C@@H]2c2n[nH]c(C)n2)oc1C. The van der Waals surface area contributed by atoms with E-state index >= 15 is 0 Å². The van der Waals surface area contributed by atoms with Gasteiger partial charge in [0, 0.05) is 17.9 Å². The third-order valence-corrected chi connectivity index (χ3v) is 5.65. The second-order valence-corrected chi connectivity index (χ2v) is 7.64. The van der Waals surface area contributed by atoms with Gasteiger partial charge in [-0.2, -0.15) is 16.9 Å². The molecule has 1 saturated heterocycles. The second kappa shape index (κ2) is 8.08. The molecule has 3 rings (SSSR count). The minimum Gasteiger partial charge on any atom is -0.456 e. The van der Waals surface area contributed by atoms with Crippen molar-refractivity contribution < 1.29 is 9.21 Å². The van der Waals surface area contributed by atoms with Gasteiger partial charge in [0.1, 0.15) is 11.6 Å². The molecule has 1 aliphatic heterocycles. The molecule has 6 nitrogen and oxygen atoms in total. The van der Waals surface area contributed by atoms with Crippen LogP contribution < -0.4 is 0 Å². The summed E-state index contributed by atoms with van der Waals surface area (Å²) in [6, 6.07) is 1.85. The van der Waals surface area contributed by atoms with Crippen LogP contribution in [0.4, 0.5) is 0 Å². The van der Waals surface area contributed by atoms with Crippen LogP contribution in [-0.4, -0.2) is 38.3 Å². The summed E-state index contributed by atoms with van der Waals surface area (Å²) < 4.78 is 5.78. The van der Waals surface area contributed by atoms with E-state index in [0.29, 0.717) is 11.6 Å². The molecule has 7 heteroatoms. The van der Waals surface area contributed by atoms with Crippen LogP contribution in [0.25, 0.3) is 0 Å². The number of thioether (sulfide) groups is 1. The number of carbonyl (C=O) groups is 1. The largest absolute Gasteiger partial charge is 0.456 e. The summed E-state index contributed by atoms with van der Waals surface area (Å²) in [5.74, 6) is 4.73. The number of amides is 1. The molecule has 0 aliphatic carbocycles. The Morgan fingerprint density at radius 2 is 2.32 bits per heavy atom. The molecule has 25 heavy (non-hydrogen) atoms. The maximum absolute atomic E-state index is 12.9. The Hall–Kier alpha value is -1.76. The number of carbonyl (C=O) groups excluding carboxylic acids is 1. The third-order valence-electron chi connectivity index (χ3n) is 4.56. The molecule has 0 unspecified atom stereocenters. The van der Waals surface area contributed by atoms with Crippen LogP contribution in [-0.2, 0) is 5.75 Å². The van der Waals surface area contributed by atoms with Gasteiger partial charge in [0.15, 0.2) is 11.6 Å². The second-order valence-electron chi connectivity index (χ2n) is 6.53. The van der Waals surface area contributed by atoms with E-state index in [2.05, 4.69) is 22.1 Å². The highest BCUT2D eigenvalue weighted by Gasteiger charge is 2.34. The van der Waals surface area contributed by atoms with Gasteiger partial charge in [-0.3, -0.25) is 9.89 Å². The summed E-state index contributed by atoms with van der Waals surface area (Å²) in [6.45, 7) is 6.72. The van der Waals surface area contributed by atoms with Crippen LogP contribution in [0.5, 0.6) is 0 Å². The molecule has 1 atom stereocenters. The number of aromatic nitrogens is 3. The summed E-state index contributed by atoms with van der Waals surface area (Å²) in [6.07, 6.45) is 4.28. The number of unbranched alkanes of at least 4 members (excludes halogenated alkanes) is 1. The van der Waals surface area contributed by atoms with Crippen LogP contribution in [0.15, 0.2) is 10.5 Å². The van der Waals surface area contributed by atoms with Crippen molar-refractivity contribution in [1.82, 2.24) is 20.1 Å². The Labute approximate surface area is 152 Å². The number of likely N-dealkylation sites (tertiary alicyclic amines) is 1. The average Bonchev–Trinajstić information content (AvgIpc) is 3.31. The van der Waals surface area contributed by atoms with Crippen LogP contribution >= 0.6 is 11.8 Å². The average molecular weight is 362 g/mol. The van der Waals surface area contributed by atoms with Crippen molar-refractivity contribution in [3.8, 4) is 0 Å². The fourth-order valence-corrected chi connectivity index (χ4v) is 4.27. The Morgan fingerprint density at radius 3 is 3.04 bits per heavy atom. The molecule has 0 spiro atoms. The molecule has 1 fully saturated rings. The van der Waals surface area contributed by atoms with E-state index in [9.17, 15) is 4.79 Å². The molecule has 3 heterocycles. The Balaban J connectivity index is 1.69. The maximum atomic E-state index is 12.9. The molecule has 0 bridgehead atoms. The lowest BCUT2D eigenvalue weighted by atomic mass is 10.2. The molecule has 0 aromatic carbocycles. The summed E-state index contributed by atoms with van der Waals surface area (Å²) in [4.78, 5) is 19.2. The number of aromatic amines is 1. The lowest BCUT2D eigenvalue weighted by Gasteiger charge is -2.21. The highest BCUT2D eigenvalue weighted by atomic mass is 32.2. The maximum Gasteiger partial charge on any atom is 0.290 e. The molecule has 1 aliphatic rings. The standard InChI is InChI=1S/C18H26N4O2S/c1-4-5-9-25-11-14-10-16(24-12(14)2)18(23)22-8-6-7-15(22)17-19-13(3)20-21-17/h10,15H,4-9,11H2,1-3H3,(H,19,20,21)/t15-/m1/s1. The van der Waals surface area contributed by atoms with Crippen LogP contribution in [0.2, 0.25) is 0 Å². The summed E-state index contributed by atoms with van der Waals surface area (Å²) in [5, 5.41) is 7.11. The van der Waals surface area contributed by atoms with Crippen LogP contribution in [0.1, 0.15) is 72.2 Å². The van der Waals surface area contributed by atoms with Crippen molar-refractivity contribution in [2.24, 2.45) is 0 Å². The topological polar surface area (TPSA) is 75.0 Å². The van der Waals surface area contributed by atoms with Gasteiger partial charge in [-0.25, -0.2) is 4.98 Å². The van der Waals surface area contributed by atoms with E-state index < -0.39 is 0 Å². The summed E-state index contributed by atoms with van der Waals surface area (Å²) in [5.41, 5.74) is 1.12. The van der Waals surface area contributed by atoms with E-state index in [1.165, 1.54) is 12.8 Å². The summed E-state index contributed by atoms with van der Waals surface area (Å²) in [7, 11) is 0. The first-order valence-corrected chi connectivity index (χ1v) is 10.1. The van der Waals surface area contributed by atoms with E-state index in [0.717, 1.165) is 48.0 Å². The van der Waals surface area contributed by atoms with Crippen molar-refractivity contribution in [3.63, 3.8) is 0 Å². The van der Waals surface area contributed by atoms with E-state index in [1.54, 1.807) is 0 Å². The van der Waals surface area contributed by atoms with Gasteiger partial charge in [0.05, 0.1) is 6.04 Å². The van der Waals surface area contributed by atoms with Gasteiger partial charge in [0.2, 0.25) is 0 Å². The first-order valence-electron chi connectivity index (χ1n) is 8.97. The Bertz CT molecular complexity index is 724. The molecule has 1 amide bonds. The van der Waals surface area contributed by atoms with Crippen molar-refractivity contribution in [2.45, 2.75) is 58.2 Å². The zero-order valence-electron chi connectivity index (χ0n) is 15.2. The zero-order valence-corrected chi connectivity index (χ0v) is 16.0. The van der Waals surface area contributed by atoms with Gasteiger partial charge in [0.25, 0.3) is 5.91 Å². The van der Waals surface area contributed by atoms with Crippen molar-refractivity contribution in [3.05, 3.63) is 34.8 Å². The fourth-order valence-electron chi connectivity index (χ4n) is 3.13. The lowest BCUT2D eigenvalue weighted by molar-refractivity contribution is 0.0696. The van der Waals surface area contributed by atoms with Crippen molar-refractivity contribution in [1.29, 1.82) is 0 Å². The third kappa shape index (κ3) is 4.08. The first-order chi connectivity index (χ1) is 12.1. The van der Waals surface area contributed by atoms with Gasteiger partial charge in [-0.1, -0.05) is 13.3 Å². The highest BCUT2D eigenvalue weighted by molar-refractivity contribution is 7.98. The molecular formula is C18H26N4O2S. The van der Waals surface area contributed by atoms with Crippen LogP contribution in [0, 0.1) is 13.8 Å². The number of nitrogens with one attached hydrogen (secondary N) is 1. The number of nitrogens with zero attached hydrogens (tertiary/aromatic N) is 3. The van der Waals surface area contributed by atoms with Crippen molar-refractivity contribution >= 4 is 17.7 Å². The Morgan fingerprint density at radius 1 is 1.48 bits per heavy atom. The number of rotatable bonds is 7. The molecule has 0 radical (unpaired) electrons. The predicted molar refractivity (Wildman–Crippen MR) is 98.6 cm³/mol. The zero-order chi connectivity index (χ0) is 17.8. The molecular weight excluding hydrogens is 336 g/mol. The van der Waals surface area contributed by atoms with E-state index in [-0.39, 0.29) is 11.9 Å². The smallest absolute Gasteiger partial charge is 0.290 e. The molecule has 0 saturated carbocycles. The molecule has 2 aromatic rings. The fraction of sp³-hybridized carbons (Fsp3) is 0.611. The Kier molecular flexibility index (Phi) is 5.83. The van der Waals surface area contributed by atoms with Gasteiger partial charge >= 0.3 is 0 Å². The minimum atomic E-state index is -0.0646. The monoisotopic (exact) mass is 362 g/mol. The normalized spacial score (nSPS) is 17.4. The number of furan rings is 1. The lowest BCUT2D eigenvalue weighted by Crippen LogP contribution is -2.30. The quantitative estimate of drug-likeness (QED) is 0.753. The number of aryl methyl sites for hydroxylation is 2. The van der Waals surface area contributed by atoms with Crippen LogP contribution in [0.3, 0.4) is 0 Å². The first kappa shape index (κ1) is 18.0. The van der Waals surface area contributed by atoms with Gasteiger partial charge in [-0.15, -0.1) is 0 Å². The number of hydrogen-bond acceptors (Lipinski definition) is 5. The number of hydrogen-bond donors (Lipinski definition) is 1. The van der Waals surface area contributed by atoms with Gasteiger partial charge in [-0.05, 0) is 44.9 Å². The van der Waals surface area contributed by atoms with E-state index in [4.69, 9.17) is 4.42 Å². The molecule has 1 N–H and O–H groups in total. The predicted octanol–water partition coefficient (Wildman–Crippen LogP) is 4.03. The summed E-state index contributed by atoms with van der Waals surface area (Å²) >= 11 is 1.89. The number of H-pyrrole nitrogens is 1. The minimum absolute atomic E-state index is 0.0575. The van der Waals surface area contributed by atoms with Crippen molar-refractivity contribution in [2.75, 3.05) is 12.3 Å². The van der Waals surface area contributed by atoms with Gasteiger partial charge < -0.3 is 9.32 Å². The van der Waals surface area contributed by atoms with E-state index in [1.807, 2.05) is 36.6 Å². The molecule has 2 aromatic heterocycles. The highest BCUT2D eigenvalue weighted by Crippen LogP contribution is 2.32. The molecule has 136 valence electrons.